The third-order valence-corrected chi connectivity index (χ3v) is 9.42. The molecule has 0 radical (unpaired) electrons. The van der Waals surface area contributed by atoms with Crippen LogP contribution in [0, 0.1) is 0 Å². The van der Waals surface area contributed by atoms with Crippen molar-refractivity contribution >= 4 is 23.3 Å². The van der Waals surface area contributed by atoms with Gasteiger partial charge in [-0.05, 0) is 98.6 Å². The summed E-state index contributed by atoms with van der Waals surface area (Å²) in [5, 5.41) is 17.8. The highest BCUT2D eigenvalue weighted by molar-refractivity contribution is 5.97. The number of amides is 3. The fourth-order valence-electron chi connectivity index (χ4n) is 6.61. The largest absolute Gasteiger partial charge is 0.484 e. The molecule has 3 atom stereocenters. The van der Waals surface area contributed by atoms with E-state index in [2.05, 4.69) is 82.3 Å². The van der Waals surface area contributed by atoms with Gasteiger partial charge in [0.15, 0.2) is 11.5 Å². The first kappa shape index (κ1) is 30.6. The van der Waals surface area contributed by atoms with E-state index in [1.165, 1.54) is 0 Å². The average molecular weight is 610 g/mol. The Morgan fingerprint density at radius 3 is 2.51 bits per heavy atom. The molecule has 1 aliphatic carbocycles. The molecule has 10 heteroatoms. The summed E-state index contributed by atoms with van der Waals surface area (Å²) in [4.78, 5) is 28.1. The Hall–Kier alpha value is -4.44. The number of nitrogens with zero attached hydrogens (tertiary/aromatic N) is 4. The first-order valence-electron chi connectivity index (χ1n) is 15.7. The Kier molecular flexibility index (Phi) is 8.03. The van der Waals surface area contributed by atoms with Crippen molar-refractivity contribution in [3.8, 4) is 5.75 Å². The van der Waals surface area contributed by atoms with Gasteiger partial charge in [0.1, 0.15) is 11.9 Å². The third kappa shape index (κ3) is 5.99. The molecule has 0 saturated carbocycles. The zero-order chi connectivity index (χ0) is 31.9. The summed E-state index contributed by atoms with van der Waals surface area (Å²) in [6, 6.07) is 17.0. The SMILES string of the molecule is CNC(=O)c1cc(NC(=O)N[C@H]2CC[C@@H](Oc3ccc4nnc([C@]5(C)CCCN5C)n4c3)c3ccccc32)cc(C(C)(C)C)c1. The number of carbonyl (C=O) groups excluding carboxylic acids is 2. The monoisotopic (exact) mass is 609 g/mol. The maximum Gasteiger partial charge on any atom is 0.319 e. The maximum absolute atomic E-state index is 13.3. The van der Waals surface area contributed by atoms with E-state index in [1.54, 1.807) is 13.1 Å². The molecule has 10 nitrogen and oxygen atoms in total. The number of fused-ring (bicyclic) bond motifs is 2. The van der Waals surface area contributed by atoms with Crippen molar-refractivity contribution < 1.29 is 14.3 Å². The van der Waals surface area contributed by atoms with Crippen molar-refractivity contribution in [1.29, 1.82) is 0 Å². The molecule has 0 unspecified atom stereocenters. The van der Waals surface area contributed by atoms with Gasteiger partial charge in [-0.25, -0.2) is 4.79 Å². The Morgan fingerprint density at radius 1 is 1.02 bits per heavy atom. The van der Waals surface area contributed by atoms with E-state index >= 15 is 0 Å². The average Bonchev–Trinajstić information content (AvgIpc) is 3.60. The molecular formula is C35H43N7O3. The molecule has 6 rings (SSSR count). The summed E-state index contributed by atoms with van der Waals surface area (Å²) in [6.07, 6.45) is 5.44. The summed E-state index contributed by atoms with van der Waals surface area (Å²) in [6.45, 7) is 9.50. The zero-order valence-electron chi connectivity index (χ0n) is 27.0. The number of ether oxygens (including phenoxy) is 1. The van der Waals surface area contributed by atoms with Crippen molar-refractivity contribution in [3.05, 3.63) is 88.9 Å². The molecule has 1 saturated heterocycles. The lowest BCUT2D eigenvalue weighted by molar-refractivity contribution is 0.0963. The van der Waals surface area contributed by atoms with Crippen LogP contribution < -0.4 is 20.7 Å². The molecule has 3 N–H and O–H groups in total. The summed E-state index contributed by atoms with van der Waals surface area (Å²) in [5.74, 6) is 1.48. The van der Waals surface area contributed by atoms with Crippen LogP contribution in [-0.2, 0) is 11.0 Å². The second-order valence-electron chi connectivity index (χ2n) is 13.5. The Bertz CT molecular complexity index is 1740. The normalized spacial score (nSPS) is 21.7. The van der Waals surface area contributed by atoms with Gasteiger partial charge in [-0.15, -0.1) is 10.2 Å². The first-order chi connectivity index (χ1) is 21.5. The predicted octanol–water partition coefficient (Wildman–Crippen LogP) is 6.10. The lowest BCUT2D eigenvalue weighted by atomic mass is 9.85. The highest BCUT2D eigenvalue weighted by Crippen LogP contribution is 2.40. The van der Waals surface area contributed by atoms with Crippen LogP contribution in [0.2, 0.25) is 0 Å². The second kappa shape index (κ2) is 11.8. The van der Waals surface area contributed by atoms with E-state index in [4.69, 9.17) is 4.74 Å². The quantitative estimate of drug-likeness (QED) is 0.243. The first-order valence-corrected chi connectivity index (χ1v) is 15.7. The molecule has 1 aliphatic heterocycles. The van der Waals surface area contributed by atoms with Crippen molar-refractivity contribution in [3.63, 3.8) is 0 Å². The topological polar surface area (TPSA) is 113 Å². The fraction of sp³-hybridized carbons (Fsp3) is 0.429. The van der Waals surface area contributed by atoms with Crippen LogP contribution in [0.15, 0.2) is 60.8 Å². The number of hydrogen-bond acceptors (Lipinski definition) is 6. The Morgan fingerprint density at radius 2 is 1.80 bits per heavy atom. The zero-order valence-corrected chi connectivity index (χ0v) is 27.0. The minimum absolute atomic E-state index is 0.164. The van der Waals surface area contributed by atoms with Crippen molar-refractivity contribution in [1.82, 2.24) is 30.1 Å². The minimum atomic E-state index is -0.320. The van der Waals surface area contributed by atoms with Crippen molar-refractivity contribution in [2.75, 3.05) is 26.0 Å². The number of nitrogens with one attached hydrogen (secondary N) is 3. The molecule has 3 heterocycles. The van der Waals surface area contributed by atoms with Crippen molar-refractivity contribution in [2.45, 2.75) is 76.5 Å². The number of pyridine rings is 1. The van der Waals surface area contributed by atoms with Crippen molar-refractivity contribution in [2.24, 2.45) is 0 Å². The number of likely N-dealkylation sites (tertiary alicyclic amines) is 1. The number of urea groups is 1. The van der Waals surface area contributed by atoms with E-state index in [0.717, 1.165) is 59.7 Å². The Labute approximate surface area is 264 Å². The molecule has 2 aliphatic rings. The molecule has 2 aromatic heterocycles. The van der Waals surface area contributed by atoms with Crippen LogP contribution in [0.4, 0.5) is 10.5 Å². The highest BCUT2D eigenvalue weighted by atomic mass is 16.5. The van der Waals surface area contributed by atoms with Crippen LogP contribution in [0.5, 0.6) is 5.75 Å². The molecular weight excluding hydrogens is 566 g/mol. The van der Waals surface area contributed by atoms with Gasteiger partial charge in [0.25, 0.3) is 5.91 Å². The van der Waals surface area contributed by atoms with Crippen LogP contribution in [0.3, 0.4) is 0 Å². The number of carbonyl (C=O) groups is 2. The van der Waals surface area contributed by atoms with Crippen LogP contribution in [0.25, 0.3) is 5.65 Å². The standard InChI is InChI=1S/C35H43N7O3/c1-34(2,3)23-18-22(31(43)36-5)19-24(20-23)37-33(44)38-28-13-14-29(27-11-8-7-10-26(27)28)45-25-12-15-30-39-40-32(42(30)21-25)35(4)16-9-17-41(35)6/h7-8,10-12,15,18-21,28-29H,9,13-14,16-17H2,1-6H3,(H,36,43)(H2,37,38,44)/t28-,29+,35-/m0/s1. The van der Waals surface area contributed by atoms with Gasteiger partial charge in [0.05, 0.1) is 17.8 Å². The summed E-state index contributed by atoms with van der Waals surface area (Å²) >= 11 is 0. The van der Waals surface area contributed by atoms with E-state index in [0.29, 0.717) is 17.7 Å². The highest BCUT2D eigenvalue weighted by Gasteiger charge is 2.40. The van der Waals surface area contributed by atoms with E-state index in [-0.39, 0.29) is 35.0 Å². The van der Waals surface area contributed by atoms with Crippen LogP contribution >= 0.6 is 0 Å². The molecule has 1 fully saturated rings. The number of benzene rings is 2. The van der Waals surface area contributed by atoms with Gasteiger partial charge in [-0.3, -0.25) is 14.1 Å². The fourth-order valence-corrected chi connectivity index (χ4v) is 6.61. The van der Waals surface area contributed by atoms with Gasteiger partial charge in [-0.2, -0.15) is 0 Å². The number of hydrogen-bond donors (Lipinski definition) is 3. The molecule has 0 spiro atoms. The Balaban J connectivity index is 1.20. The summed E-state index contributed by atoms with van der Waals surface area (Å²) in [7, 11) is 3.74. The lowest BCUT2D eigenvalue weighted by Crippen LogP contribution is -2.37. The van der Waals surface area contributed by atoms with E-state index < -0.39 is 0 Å². The van der Waals surface area contributed by atoms with Gasteiger partial charge < -0.3 is 20.7 Å². The number of aromatic nitrogens is 3. The molecule has 3 amide bonds. The molecule has 236 valence electrons. The third-order valence-electron chi connectivity index (χ3n) is 9.42. The summed E-state index contributed by atoms with van der Waals surface area (Å²) < 4.78 is 8.68. The van der Waals surface area contributed by atoms with Gasteiger partial charge >= 0.3 is 6.03 Å². The molecule has 0 bridgehead atoms. The van der Waals surface area contributed by atoms with Gasteiger partial charge in [-0.1, -0.05) is 45.0 Å². The number of anilines is 1. The lowest BCUT2D eigenvalue weighted by Gasteiger charge is -2.32. The maximum atomic E-state index is 13.3. The number of rotatable bonds is 6. The van der Waals surface area contributed by atoms with E-state index in [9.17, 15) is 9.59 Å². The molecule has 4 aromatic rings. The summed E-state index contributed by atoms with van der Waals surface area (Å²) in [5.41, 5.74) is 4.56. The van der Waals surface area contributed by atoms with E-state index in [1.807, 2.05) is 42.6 Å². The van der Waals surface area contributed by atoms with Crippen LogP contribution in [-0.4, -0.2) is 52.1 Å². The minimum Gasteiger partial charge on any atom is -0.484 e. The smallest absolute Gasteiger partial charge is 0.319 e. The van der Waals surface area contributed by atoms with Gasteiger partial charge in [0, 0.05) is 18.3 Å². The molecule has 45 heavy (non-hydrogen) atoms. The molecule has 2 aromatic carbocycles. The second-order valence-corrected chi connectivity index (χ2v) is 13.5. The van der Waals surface area contributed by atoms with Gasteiger partial charge in [0.2, 0.25) is 0 Å². The predicted molar refractivity (Wildman–Crippen MR) is 175 cm³/mol. The van der Waals surface area contributed by atoms with Crippen LogP contribution in [0.1, 0.15) is 98.4 Å².